The Morgan fingerprint density at radius 3 is 2.61 bits per heavy atom. The van der Waals surface area contributed by atoms with Gasteiger partial charge in [-0.15, -0.1) is 0 Å². The average molecular weight is 495 g/mol. The molecular weight excluding hydrogens is 452 g/mol. The number of carbonyl (C=O) groups is 1. The minimum atomic E-state index is -1.11. The monoisotopic (exact) mass is 494 g/mol. The third kappa shape index (κ3) is 6.47. The Balaban J connectivity index is 1.59. The van der Waals surface area contributed by atoms with E-state index in [0.717, 1.165) is 69.2 Å². The number of nitrogens with zero attached hydrogens (tertiary/aromatic N) is 1. The van der Waals surface area contributed by atoms with E-state index in [1.165, 1.54) is 0 Å². The number of para-hydroxylation sites is 2. The molecule has 0 aromatic heterocycles. The van der Waals surface area contributed by atoms with E-state index in [2.05, 4.69) is 0 Å². The van der Waals surface area contributed by atoms with Crippen molar-refractivity contribution in [2.45, 2.75) is 69.4 Å². The lowest BCUT2D eigenvalue weighted by Crippen LogP contribution is -2.50. The zero-order valence-corrected chi connectivity index (χ0v) is 21.6. The highest BCUT2D eigenvalue weighted by Gasteiger charge is 2.43. The highest BCUT2D eigenvalue weighted by Crippen LogP contribution is 2.44. The van der Waals surface area contributed by atoms with Gasteiger partial charge in [-0.3, -0.25) is 4.79 Å². The van der Waals surface area contributed by atoms with Crippen LogP contribution >= 0.6 is 0 Å². The number of piperidine rings is 1. The summed E-state index contributed by atoms with van der Waals surface area (Å²) in [5, 5.41) is 12.4. The molecule has 1 aliphatic heterocycles. The number of methoxy groups -OCH3 is 1. The Morgan fingerprint density at radius 2 is 1.83 bits per heavy atom. The number of aliphatic hydroxyl groups is 1. The molecule has 4 rings (SSSR count). The maximum Gasteiger partial charge on any atom is 0.225 e. The second kappa shape index (κ2) is 12.7. The van der Waals surface area contributed by atoms with Gasteiger partial charge in [-0.2, -0.15) is 0 Å². The van der Waals surface area contributed by atoms with E-state index in [4.69, 9.17) is 15.2 Å². The quantitative estimate of drug-likeness (QED) is 0.441. The summed E-state index contributed by atoms with van der Waals surface area (Å²) in [6.07, 6.45) is 7.76. The minimum absolute atomic E-state index is 0.0102. The van der Waals surface area contributed by atoms with Crippen LogP contribution in [-0.2, 0) is 15.1 Å². The minimum Gasteiger partial charge on any atom is -0.457 e. The van der Waals surface area contributed by atoms with Crippen molar-refractivity contribution >= 4 is 5.91 Å². The van der Waals surface area contributed by atoms with Crippen molar-refractivity contribution in [2.75, 3.05) is 26.8 Å². The summed E-state index contributed by atoms with van der Waals surface area (Å²) in [7, 11) is 1.71. The Labute approximate surface area is 215 Å². The van der Waals surface area contributed by atoms with Gasteiger partial charge in [-0.05, 0) is 69.6 Å². The van der Waals surface area contributed by atoms with Crippen molar-refractivity contribution in [1.82, 2.24) is 4.90 Å². The Hall–Kier alpha value is -2.41. The van der Waals surface area contributed by atoms with Crippen LogP contribution in [0.1, 0.15) is 63.4 Å². The molecule has 2 aromatic rings. The lowest BCUT2D eigenvalue weighted by atomic mass is 9.73. The molecule has 1 aliphatic carbocycles. The van der Waals surface area contributed by atoms with E-state index < -0.39 is 5.60 Å². The molecule has 196 valence electrons. The molecule has 1 saturated heterocycles. The summed E-state index contributed by atoms with van der Waals surface area (Å²) in [4.78, 5) is 15.5. The van der Waals surface area contributed by atoms with Gasteiger partial charge in [0, 0.05) is 50.2 Å². The van der Waals surface area contributed by atoms with Gasteiger partial charge < -0.3 is 25.2 Å². The van der Waals surface area contributed by atoms with Crippen molar-refractivity contribution in [2.24, 2.45) is 17.6 Å². The number of amides is 1. The van der Waals surface area contributed by atoms with Crippen molar-refractivity contribution in [3.63, 3.8) is 0 Å². The predicted octanol–water partition coefficient (Wildman–Crippen LogP) is 5.24. The lowest BCUT2D eigenvalue weighted by molar-refractivity contribution is -0.142. The van der Waals surface area contributed by atoms with Crippen LogP contribution in [0.5, 0.6) is 11.5 Å². The molecular formula is C30H42N2O4. The summed E-state index contributed by atoms with van der Waals surface area (Å²) in [5.74, 6) is 1.55. The fourth-order valence-corrected chi connectivity index (χ4v) is 6.01. The Kier molecular flexibility index (Phi) is 9.41. The van der Waals surface area contributed by atoms with E-state index in [-0.39, 0.29) is 23.8 Å². The molecule has 2 aliphatic rings. The van der Waals surface area contributed by atoms with E-state index in [1.54, 1.807) is 7.11 Å². The first-order chi connectivity index (χ1) is 17.5. The van der Waals surface area contributed by atoms with E-state index in [0.29, 0.717) is 25.3 Å². The van der Waals surface area contributed by atoms with Gasteiger partial charge in [0.1, 0.15) is 11.5 Å². The second-order valence-electron chi connectivity index (χ2n) is 10.5. The van der Waals surface area contributed by atoms with Crippen LogP contribution in [0.4, 0.5) is 0 Å². The predicted molar refractivity (Wildman–Crippen MR) is 142 cm³/mol. The molecule has 36 heavy (non-hydrogen) atoms. The number of hydrogen-bond acceptors (Lipinski definition) is 5. The van der Waals surface area contributed by atoms with E-state index >= 15 is 0 Å². The first kappa shape index (κ1) is 26.6. The number of unbranched alkanes of at least 4 members (excludes halogenated alkanes) is 1. The summed E-state index contributed by atoms with van der Waals surface area (Å²) in [6.45, 7) is 1.98. The van der Waals surface area contributed by atoms with Gasteiger partial charge in [0.05, 0.1) is 5.60 Å². The fraction of sp³-hybridized carbons (Fsp3) is 0.567. The highest BCUT2D eigenvalue weighted by molar-refractivity contribution is 5.79. The Bertz CT molecular complexity index is 968. The second-order valence-corrected chi connectivity index (χ2v) is 10.5. The molecule has 1 amide bonds. The Morgan fingerprint density at radius 1 is 1.06 bits per heavy atom. The number of rotatable bonds is 10. The number of likely N-dealkylation sites (tertiary alicyclic amines) is 1. The van der Waals surface area contributed by atoms with Crippen molar-refractivity contribution in [3.8, 4) is 11.5 Å². The first-order valence-corrected chi connectivity index (χ1v) is 13.6. The third-order valence-corrected chi connectivity index (χ3v) is 7.95. The molecule has 2 fully saturated rings. The largest absolute Gasteiger partial charge is 0.457 e. The van der Waals surface area contributed by atoms with Crippen molar-refractivity contribution in [3.05, 3.63) is 60.2 Å². The van der Waals surface area contributed by atoms with Crippen LogP contribution in [0, 0.1) is 11.8 Å². The number of ether oxygens (including phenoxy) is 2. The van der Waals surface area contributed by atoms with Gasteiger partial charge in [0.25, 0.3) is 0 Å². The van der Waals surface area contributed by atoms with Crippen molar-refractivity contribution in [1.29, 1.82) is 0 Å². The van der Waals surface area contributed by atoms with Crippen LogP contribution in [0.15, 0.2) is 54.6 Å². The van der Waals surface area contributed by atoms with Gasteiger partial charge in [-0.25, -0.2) is 0 Å². The molecule has 1 heterocycles. The number of benzene rings is 2. The van der Waals surface area contributed by atoms with Gasteiger partial charge in [0.2, 0.25) is 5.91 Å². The van der Waals surface area contributed by atoms with Gasteiger partial charge in [-0.1, -0.05) is 42.8 Å². The molecule has 3 unspecified atom stereocenters. The normalized spacial score (nSPS) is 24.2. The SMILES string of the molecule is COCCCC[C@@](O)(c1ccccc1Oc1ccccc1)C1CCCN(C(=O)C2CCCC(N)C2)C1. The van der Waals surface area contributed by atoms with Gasteiger partial charge >= 0.3 is 0 Å². The maximum atomic E-state index is 13.5. The van der Waals surface area contributed by atoms with Gasteiger partial charge in [0.15, 0.2) is 0 Å². The van der Waals surface area contributed by atoms with Crippen LogP contribution in [0.25, 0.3) is 0 Å². The van der Waals surface area contributed by atoms with E-state index in [1.807, 2.05) is 59.5 Å². The fourth-order valence-electron chi connectivity index (χ4n) is 6.01. The topological polar surface area (TPSA) is 85.0 Å². The summed E-state index contributed by atoms with van der Waals surface area (Å²) >= 11 is 0. The maximum absolute atomic E-state index is 13.5. The molecule has 0 radical (unpaired) electrons. The van der Waals surface area contributed by atoms with Crippen LogP contribution in [0.2, 0.25) is 0 Å². The lowest BCUT2D eigenvalue weighted by Gasteiger charge is -2.44. The highest BCUT2D eigenvalue weighted by atomic mass is 16.5. The summed E-state index contributed by atoms with van der Waals surface area (Å²) < 4.78 is 11.5. The zero-order chi connectivity index (χ0) is 25.4. The number of carbonyl (C=O) groups excluding carboxylic acids is 1. The smallest absolute Gasteiger partial charge is 0.225 e. The summed E-state index contributed by atoms with van der Waals surface area (Å²) in [6, 6.07) is 17.6. The first-order valence-electron chi connectivity index (χ1n) is 13.6. The van der Waals surface area contributed by atoms with Crippen LogP contribution < -0.4 is 10.5 Å². The third-order valence-electron chi connectivity index (χ3n) is 7.95. The molecule has 4 atom stereocenters. The standard InChI is InChI=1S/C30H42N2O4/c1-35-20-8-7-18-30(34,27-16-5-6-17-28(27)36-26-14-3-2-4-15-26)24-12-10-19-32(22-24)29(33)23-11-9-13-25(31)21-23/h2-6,14-17,23-25,34H,7-13,18-22,31H2,1H3/t23?,24?,25?,30-/m0/s1. The number of hydrogen-bond donors (Lipinski definition) is 2. The van der Waals surface area contributed by atoms with Crippen LogP contribution in [-0.4, -0.2) is 48.8 Å². The number of nitrogens with two attached hydrogens (primary N) is 1. The summed E-state index contributed by atoms with van der Waals surface area (Å²) in [5.41, 5.74) is 5.88. The zero-order valence-electron chi connectivity index (χ0n) is 21.6. The van der Waals surface area contributed by atoms with E-state index in [9.17, 15) is 9.90 Å². The molecule has 1 saturated carbocycles. The molecule has 6 nitrogen and oxygen atoms in total. The average Bonchev–Trinajstić information content (AvgIpc) is 2.91. The van der Waals surface area contributed by atoms with Crippen molar-refractivity contribution < 1.29 is 19.4 Å². The molecule has 6 heteroatoms. The molecule has 3 N–H and O–H groups in total. The molecule has 0 bridgehead atoms. The molecule has 2 aromatic carbocycles. The van der Waals surface area contributed by atoms with Crippen LogP contribution in [0.3, 0.4) is 0 Å². The molecule has 0 spiro atoms.